The first kappa shape index (κ1) is 15.4. The predicted molar refractivity (Wildman–Crippen MR) is 85.5 cm³/mol. The Morgan fingerprint density at radius 3 is 2.59 bits per heavy atom. The van der Waals surface area contributed by atoms with Gasteiger partial charge in [-0.1, -0.05) is 42.4 Å². The first-order valence-electron chi connectivity index (χ1n) is 7.04. The molecule has 116 valence electrons. The summed E-state index contributed by atoms with van der Waals surface area (Å²) in [5, 5.41) is 6.82. The quantitative estimate of drug-likeness (QED) is 0.863. The van der Waals surface area contributed by atoms with Crippen molar-refractivity contribution >= 4 is 29.1 Å². The summed E-state index contributed by atoms with van der Waals surface area (Å²) in [7, 11) is 0. The van der Waals surface area contributed by atoms with Crippen molar-refractivity contribution in [1.82, 2.24) is 10.5 Å². The van der Waals surface area contributed by atoms with Crippen LogP contribution in [0.15, 0.2) is 40.9 Å². The zero-order valence-corrected chi connectivity index (χ0v) is 13.8. The summed E-state index contributed by atoms with van der Waals surface area (Å²) >= 11 is 12.3. The fraction of sp³-hybridized carbons (Fsp3) is 0.375. The highest BCUT2D eigenvalue weighted by atomic mass is 35.5. The Morgan fingerprint density at radius 1 is 1.36 bits per heavy atom. The topological polar surface area (TPSA) is 55.1 Å². The first-order valence-corrected chi connectivity index (χ1v) is 7.80. The second-order valence-corrected chi connectivity index (χ2v) is 7.16. The standard InChI is InChI=1S/C16H16Cl2N2O2/c1-10-15(2,16(10,17)18)14(21)19-9-12-8-13(20-22-12)11-6-4-3-5-7-11/h3-8,10H,9H2,1-2H3,(H,19,21). The molecule has 22 heavy (non-hydrogen) atoms. The van der Waals surface area contributed by atoms with Gasteiger partial charge in [-0.25, -0.2) is 0 Å². The molecule has 0 bridgehead atoms. The van der Waals surface area contributed by atoms with Crippen molar-refractivity contribution in [3.8, 4) is 11.3 Å². The Balaban J connectivity index is 1.64. The van der Waals surface area contributed by atoms with E-state index in [1.807, 2.05) is 43.3 Å². The fourth-order valence-electron chi connectivity index (χ4n) is 2.58. The van der Waals surface area contributed by atoms with Gasteiger partial charge >= 0.3 is 0 Å². The molecule has 6 heteroatoms. The van der Waals surface area contributed by atoms with Crippen LogP contribution in [0.2, 0.25) is 0 Å². The van der Waals surface area contributed by atoms with E-state index in [0.29, 0.717) is 5.76 Å². The molecule has 2 atom stereocenters. The normalized spacial score (nSPS) is 25.7. The lowest BCUT2D eigenvalue weighted by Crippen LogP contribution is -2.33. The summed E-state index contributed by atoms with van der Waals surface area (Å²) in [5.74, 6) is 0.319. The largest absolute Gasteiger partial charge is 0.359 e. The molecule has 1 amide bonds. The van der Waals surface area contributed by atoms with Crippen LogP contribution in [0.1, 0.15) is 19.6 Å². The molecule has 1 aromatic carbocycles. The molecule has 1 heterocycles. The van der Waals surface area contributed by atoms with Crippen LogP contribution in [0.25, 0.3) is 11.3 Å². The molecular weight excluding hydrogens is 323 g/mol. The van der Waals surface area contributed by atoms with E-state index in [1.165, 1.54) is 0 Å². The molecule has 3 rings (SSSR count). The number of amides is 1. The predicted octanol–water partition coefficient (Wildman–Crippen LogP) is 3.79. The van der Waals surface area contributed by atoms with Crippen LogP contribution in [0.4, 0.5) is 0 Å². The molecule has 1 fully saturated rings. The van der Waals surface area contributed by atoms with Crippen molar-refractivity contribution in [1.29, 1.82) is 0 Å². The number of alkyl halides is 2. The molecule has 1 aliphatic carbocycles. The van der Waals surface area contributed by atoms with Gasteiger partial charge in [0.05, 0.1) is 12.0 Å². The van der Waals surface area contributed by atoms with Gasteiger partial charge in [0.25, 0.3) is 0 Å². The second kappa shape index (κ2) is 5.28. The minimum Gasteiger partial charge on any atom is -0.359 e. The van der Waals surface area contributed by atoms with Gasteiger partial charge in [-0.15, -0.1) is 23.2 Å². The van der Waals surface area contributed by atoms with Crippen molar-refractivity contribution in [3.05, 3.63) is 42.2 Å². The highest BCUT2D eigenvalue weighted by Crippen LogP contribution is 2.68. The summed E-state index contributed by atoms with van der Waals surface area (Å²) in [6.07, 6.45) is 0. The first-order chi connectivity index (χ1) is 10.4. The van der Waals surface area contributed by atoms with E-state index in [-0.39, 0.29) is 18.4 Å². The molecule has 2 aromatic rings. The van der Waals surface area contributed by atoms with Crippen LogP contribution in [0.5, 0.6) is 0 Å². The number of rotatable bonds is 4. The van der Waals surface area contributed by atoms with Gasteiger partial charge in [-0.2, -0.15) is 0 Å². The van der Waals surface area contributed by atoms with Gasteiger partial charge in [0.2, 0.25) is 5.91 Å². The lowest BCUT2D eigenvalue weighted by Gasteiger charge is -2.11. The van der Waals surface area contributed by atoms with Crippen LogP contribution in [-0.2, 0) is 11.3 Å². The molecule has 0 radical (unpaired) electrons. The second-order valence-electron chi connectivity index (χ2n) is 5.77. The summed E-state index contributed by atoms with van der Waals surface area (Å²) in [6.45, 7) is 3.88. The summed E-state index contributed by atoms with van der Waals surface area (Å²) in [4.78, 5) is 12.3. The molecule has 2 unspecified atom stereocenters. The maximum Gasteiger partial charge on any atom is 0.229 e. The highest BCUT2D eigenvalue weighted by molar-refractivity contribution is 6.53. The lowest BCUT2D eigenvalue weighted by atomic mass is 10.1. The van der Waals surface area contributed by atoms with E-state index >= 15 is 0 Å². The SMILES string of the molecule is CC1C(Cl)(Cl)C1(C)C(=O)NCc1cc(-c2ccccc2)no1. The van der Waals surface area contributed by atoms with E-state index in [2.05, 4.69) is 10.5 Å². The van der Waals surface area contributed by atoms with E-state index < -0.39 is 9.75 Å². The molecule has 1 aliphatic rings. The monoisotopic (exact) mass is 338 g/mol. The Bertz CT molecular complexity index is 699. The van der Waals surface area contributed by atoms with Gasteiger partial charge in [-0.3, -0.25) is 4.79 Å². The molecule has 0 spiro atoms. The third-order valence-electron chi connectivity index (χ3n) is 4.54. The van der Waals surface area contributed by atoms with E-state index in [1.54, 1.807) is 6.92 Å². The third kappa shape index (κ3) is 2.31. The fourth-order valence-corrected chi connectivity index (χ4v) is 3.40. The molecular formula is C16H16Cl2N2O2. The van der Waals surface area contributed by atoms with Gasteiger partial charge < -0.3 is 9.84 Å². The Morgan fingerprint density at radius 2 is 2.00 bits per heavy atom. The minimum atomic E-state index is -1.01. The number of carbonyl (C=O) groups excluding carboxylic acids is 1. The number of nitrogens with one attached hydrogen (secondary N) is 1. The Hall–Kier alpha value is -1.52. The zero-order chi connectivity index (χ0) is 16.0. The van der Waals surface area contributed by atoms with Crippen molar-refractivity contribution in [2.24, 2.45) is 11.3 Å². The van der Waals surface area contributed by atoms with Crippen LogP contribution >= 0.6 is 23.2 Å². The minimum absolute atomic E-state index is 0.0852. The van der Waals surface area contributed by atoms with E-state index in [0.717, 1.165) is 11.3 Å². The maximum atomic E-state index is 12.3. The summed E-state index contributed by atoms with van der Waals surface area (Å²) < 4.78 is 4.24. The smallest absolute Gasteiger partial charge is 0.229 e. The molecule has 4 nitrogen and oxygen atoms in total. The zero-order valence-electron chi connectivity index (χ0n) is 12.3. The van der Waals surface area contributed by atoms with Crippen molar-refractivity contribution < 1.29 is 9.32 Å². The molecule has 0 saturated heterocycles. The van der Waals surface area contributed by atoms with Gasteiger partial charge in [0.15, 0.2) is 5.76 Å². The maximum absolute atomic E-state index is 12.3. The van der Waals surface area contributed by atoms with Gasteiger partial charge in [0, 0.05) is 17.5 Å². The van der Waals surface area contributed by atoms with Crippen molar-refractivity contribution in [2.45, 2.75) is 24.7 Å². The number of nitrogens with zero attached hydrogens (tertiary/aromatic N) is 1. The van der Waals surface area contributed by atoms with Gasteiger partial charge in [-0.05, 0) is 6.92 Å². The number of halogens is 2. The van der Waals surface area contributed by atoms with Crippen molar-refractivity contribution in [2.75, 3.05) is 0 Å². The third-order valence-corrected chi connectivity index (χ3v) is 5.98. The molecule has 1 N–H and O–H groups in total. The van der Waals surface area contributed by atoms with Gasteiger partial charge in [0.1, 0.15) is 10.0 Å². The number of aromatic nitrogens is 1. The molecule has 1 saturated carbocycles. The number of hydrogen-bond acceptors (Lipinski definition) is 3. The van der Waals surface area contributed by atoms with E-state index in [4.69, 9.17) is 27.7 Å². The van der Waals surface area contributed by atoms with E-state index in [9.17, 15) is 4.79 Å². The summed E-state index contributed by atoms with van der Waals surface area (Å²) in [6, 6.07) is 11.5. The van der Waals surface area contributed by atoms with Crippen LogP contribution in [-0.4, -0.2) is 15.4 Å². The highest BCUT2D eigenvalue weighted by Gasteiger charge is 2.74. The number of hydrogen-bond donors (Lipinski definition) is 1. The molecule has 1 aromatic heterocycles. The van der Waals surface area contributed by atoms with Crippen molar-refractivity contribution in [3.63, 3.8) is 0 Å². The number of carbonyl (C=O) groups is 1. The lowest BCUT2D eigenvalue weighted by molar-refractivity contribution is -0.126. The van der Waals surface area contributed by atoms with Crippen LogP contribution < -0.4 is 5.32 Å². The van der Waals surface area contributed by atoms with Crippen LogP contribution in [0.3, 0.4) is 0 Å². The average molecular weight is 339 g/mol. The Kier molecular flexibility index (Phi) is 3.69. The average Bonchev–Trinajstić information content (AvgIpc) is 2.91. The summed E-state index contributed by atoms with van der Waals surface area (Å²) in [5.41, 5.74) is 0.935. The van der Waals surface area contributed by atoms with Crippen LogP contribution in [0, 0.1) is 11.3 Å². The number of benzene rings is 1. The molecule has 0 aliphatic heterocycles. The Labute approximate surface area is 138 Å².